The van der Waals surface area contributed by atoms with Gasteiger partial charge in [0.15, 0.2) is 5.78 Å². The monoisotopic (exact) mass is 208 g/mol. The third-order valence-electron chi connectivity index (χ3n) is 1.24. The normalized spacial score (nSPS) is 9.71. The van der Waals surface area contributed by atoms with Crippen LogP contribution in [0.5, 0.6) is 0 Å². The molecule has 0 unspecified atom stereocenters. The van der Waals surface area contributed by atoms with Crippen LogP contribution in [0.25, 0.3) is 6.08 Å². The number of allylic oxidation sites excluding steroid dienone is 1. The van der Waals surface area contributed by atoms with Gasteiger partial charge in [-0.1, -0.05) is 13.8 Å². The average Bonchev–Trinajstić information content (AvgIpc) is 2.69. The highest BCUT2D eigenvalue weighted by Crippen LogP contribution is 2.11. The van der Waals surface area contributed by atoms with E-state index in [9.17, 15) is 4.79 Å². The number of ketones is 1. The summed E-state index contributed by atoms with van der Waals surface area (Å²) in [7, 11) is 0. The molecule has 0 aromatic carbocycles. The Hall–Kier alpha value is -1.47. The highest BCUT2D eigenvalue weighted by atomic mass is 32.1. The van der Waals surface area contributed by atoms with Crippen molar-refractivity contribution in [2.75, 3.05) is 0 Å². The number of hydrogen-bond acceptors (Lipinski definition) is 4. The zero-order chi connectivity index (χ0) is 11.0. The van der Waals surface area contributed by atoms with Gasteiger partial charge in [0.2, 0.25) is 0 Å². The summed E-state index contributed by atoms with van der Waals surface area (Å²) in [4.78, 5) is 15.4. The lowest BCUT2D eigenvalue weighted by atomic mass is 10.2. The Bertz CT molecular complexity index is 347. The van der Waals surface area contributed by atoms with Crippen molar-refractivity contribution in [2.24, 2.45) is 0 Å². The van der Waals surface area contributed by atoms with Gasteiger partial charge in [-0.3, -0.25) is 9.78 Å². The third kappa shape index (κ3) is 3.97. The van der Waals surface area contributed by atoms with Crippen LogP contribution in [0.3, 0.4) is 0 Å². The highest BCUT2D eigenvalue weighted by molar-refractivity contribution is 7.10. The number of carbonyl (C=O) groups is 1. The van der Waals surface area contributed by atoms with Crippen LogP contribution in [0.4, 0.5) is 0 Å². The molecule has 0 aliphatic rings. The average molecular weight is 208 g/mol. The fourth-order valence-electron chi connectivity index (χ4n) is 0.652. The summed E-state index contributed by atoms with van der Waals surface area (Å²) in [5.41, 5.74) is 1.82. The first-order valence-corrected chi connectivity index (χ1v) is 5.13. The van der Waals surface area contributed by atoms with Crippen molar-refractivity contribution < 1.29 is 4.79 Å². The van der Waals surface area contributed by atoms with Gasteiger partial charge >= 0.3 is 0 Å². The maximum Gasteiger partial charge on any atom is 0.170 e. The number of nitrogens with zero attached hydrogens (tertiary/aromatic N) is 2. The smallest absolute Gasteiger partial charge is 0.170 e. The van der Waals surface area contributed by atoms with Crippen molar-refractivity contribution in [1.29, 1.82) is 5.26 Å². The molecule has 0 bridgehead atoms. The largest absolute Gasteiger partial charge is 0.294 e. The predicted octanol–water partition coefficient (Wildman–Crippen LogP) is 2.67. The minimum Gasteiger partial charge on any atom is -0.294 e. The lowest BCUT2D eigenvalue weighted by Crippen LogP contribution is -1.91. The van der Waals surface area contributed by atoms with E-state index in [-0.39, 0.29) is 11.4 Å². The summed E-state index contributed by atoms with van der Waals surface area (Å²) in [5, 5.41) is 8.54. The number of Topliss-reactive ketones (excluding diaryl/α,β-unsaturated/α-hetero) is 1. The lowest BCUT2D eigenvalue weighted by molar-refractivity contribution is -0.113. The van der Waals surface area contributed by atoms with Crippen molar-refractivity contribution in [2.45, 2.75) is 20.8 Å². The summed E-state index contributed by atoms with van der Waals surface area (Å²) in [6.07, 6.45) is 3.16. The standard InChI is InChI=1S/C8H6N2OS.C2H6/c1-6(11)7(3-9)2-8-4-10-5-12-8;1-2/h2,4-5H,1H3;1-2H3/b7-2+;. The fourth-order valence-corrected chi connectivity index (χ4v) is 1.20. The van der Waals surface area contributed by atoms with Gasteiger partial charge in [0, 0.05) is 11.1 Å². The van der Waals surface area contributed by atoms with E-state index in [1.54, 1.807) is 17.8 Å². The van der Waals surface area contributed by atoms with Crippen LogP contribution in [0.1, 0.15) is 25.6 Å². The van der Waals surface area contributed by atoms with E-state index in [0.29, 0.717) is 0 Å². The van der Waals surface area contributed by atoms with Crippen LogP contribution in [0.2, 0.25) is 0 Å². The molecule has 1 heterocycles. The number of carbonyl (C=O) groups excluding carboxylic acids is 1. The van der Waals surface area contributed by atoms with Gasteiger partial charge < -0.3 is 0 Å². The predicted molar refractivity (Wildman–Crippen MR) is 57.7 cm³/mol. The molecule has 0 N–H and O–H groups in total. The van der Waals surface area contributed by atoms with Crippen molar-refractivity contribution in [3.8, 4) is 6.07 Å². The van der Waals surface area contributed by atoms with Crippen molar-refractivity contribution in [1.82, 2.24) is 4.98 Å². The minimum atomic E-state index is -0.217. The molecule has 4 heteroatoms. The zero-order valence-electron chi connectivity index (χ0n) is 8.44. The SMILES string of the molecule is CC.CC(=O)/C(C#N)=C/c1cncs1. The number of hydrogen-bond donors (Lipinski definition) is 0. The summed E-state index contributed by atoms with van der Waals surface area (Å²) >= 11 is 1.39. The summed E-state index contributed by atoms with van der Waals surface area (Å²) in [6.45, 7) is 5.37. The van der Waals surface area contributed by atoms with E-state index in [4.69, 9.17) is 5.26 Å². The van der Waals surface area contributed by atoms with Gasteiger partial charge in [-0.15, -0.1) is 11.3 Å². The molecule has 0 aliphatic carbocycles. The Morgan fingerprint density at radius 2 is 2.29 bits per heavy atom. The Kier molecular flexibility index (Phi) is 6.25. The third-order valence-corrected chi connectivity index (χ3v) is 1.96. The van der Waals surface area contributed by atoms with Gasteiger partial charge in [0.25, 0.3) is 0 Å². The van der Waals surface area contributed by atoms with E-state index in [1.807, 2.05) is 19.9 Å². The first kappa shape index (κ1) is 12.5. The molecule has 74 valence electrons. The van der Waals surface area contributed by atoms with Gasteiger partial charge in [-0.05, 0) is 13.0 Å². The van der Waals surface area contributed by atoms with Crippen molar-refractivity contribution >= 4 is 23.2 Å². The lowest BCUT2D eigenvalue weighted by Gasteiger charge is -1.87. The number of thiazole rings is 1. The molecular formula is C10H12N2OS. The molecule has 0 radical (unpaired) electrons. The highest BCUT2D eigenvalue weighted by Gasteiger charge is 2.01. The Morgan fingerprint density at radius 1 is 1.64 bits per heavy atom. The first-order chi connectivity index (χ1) is 6.74. The van der Waals surface area contributed by atoms with Crippen LogP contribution in [-0.4, -0.2) is 10.8 Å². The van der Waals surface area contributed by atoms with Crippen molar-refractivity contribution in [3.05, 3.63) is 22.2 Å². The summed E-state index contributed by atoms with van der Waals surface area (Å²) in [6, 6.07) is 1.83. The van der Waals surface area contributed by atoms with Crippen LogP contribution >= 0.6 is 11.3 Å². The maximum absolute atomic E-state index is 10.8. The van der Waals surface area contributed by atoms with E-state index >= 15 is 0 Å². The fraction of sp³-hybridized carbons (Fsp3) is 0.300. The van der Waals surface area contributed by atoms with Gasteiger partial charge in [0.05, 0.1) is 11.1 Å². The second-order valence-electron chi connectivity index (χ2n) is 2.13. The van der Waals surface area contributed by atoms with Crippen LogP contribution < -0.4 is 0 Å². The number of rotatable bonds is 2. The van der Waals surface area contributed by atoms with Gasteiger partial charge in [0.1, 0.15) is 6.07 Å². The Morgan fingerprint density at radius 3 is 2.64 bits per heavy atom. The van der Waals surface area contributed by atoms with E-state index < -0.39 is 0 Å². The molecule has 1 aromatic rings. The summed E-state index contributed by atoms with van der Waals surface area (Å²) < 4.78 is 0. The molecule has 0 saturated heterocycles. The first-order valence-electron chi connectivity index (χ1n) is 4.25. The van der Waals surface area contributed by atoms with Gasteiger partial charge in [-0.25, -0.2) is 0 Å². The van der Waals surface area contributed by atoms with E-state index in [0.717, 1.165) is 4.88 Å². The molecule has 0 aliphatic heterocycles. The molecule has 1 aromatic heterocycles. The topological polar surface area (TPSA) is 53.8 Å². The second-order valence-corrected chi connectivity index (χ2v) is 3.05. The second kappa shape index (κ2) is 6.98. The zero-order valence-corrected chi connectivity index (χ0v) is 9.26. The Labute approximate surface area is 87.7 Å². The van der Waals surface area contributed by atoms with Gasteiger partial charge in [-0.2, -0.15) is 5.26 Å². The molecule has 0 fully saturated rings. The number of aromatic nitrogens is 1. The summed E-state index contributed by atoms with van der Waals surface area (Å²) in [5.74, 6) is -0.217. The molecule has 0 amide bonds. The van der Waals surface area contributed by atoms with Crippen LogP contribution in [0.15, 0.2) is 17.3 Å². The van der Waals surface area contributed by atoms with E-state index in [1.165, 1.54) is 18.3 Å². The molecule has 0 spiro atoms. The minimum absolute atomic E-state index is 0.166. The van der Waals surface area contributed by atoms with Crippen LogP contribution in [-0.2, 0) is 4.79 Å². The quantitative estimate of drug-likeness (QED) is 0.554. The van der Waals surface area contributed by atoms with E-state index in [2.05, 4.69) is 4.98 Å². The number of nitriles is 1. The molecule has 0 saturated carbocycles. The maximum atomic E-state index is 10.8. The molecule has 3 nitrogen and oxygen atoms in total. The molecular weight excluding hydrogens is 196 g/mol. The molecule has 14 heavy (non-hydrogen) atoms. The van der Waals surface area contributed by atoms with Crippen molar-refractivity contribution in [3.63, 3.8) is 0 Å². The van der Waals surface area contributed by atoms with Crippen LogP contribution in [0, 0.1) is 11.3 Å². The molecule has 1 rings (SSSR count). The Balaban J connectivity index is 0.000000791. The molecule has 0 atom stereocenters.